The molecule has 0 aliphatic carbocycles. The minimum Gasteiger partial charge on any atom is -0.289 e. The van der Waals surface area contributed by atoms with Gasteiger partial charge in [-0.3, -0.25) is 9.80 Å². The molecule has 0 aromatic rings. The van der Waals surface area contributed by atoms with E-state index in [2.05, 4.69) is 11.1 Å². The second kappa shape index (κ2) is 3.40. The highest BCUT2D eigenvalue weighted by Gasteiger charge is 2.18. The van der Waals surface area contributed by atoms with Crippen molar-refractivity contribution >= 4 is 0 Å². The summed E-state index contributed by atoms with van der Waals surface area (Å²) in [6, 6.07) is 0. The predicted molar refractivity (Wildman–Crippen MR) is 43.3 cm³/mol. The standard InChI is InChI=1S/C8H13N3/c1-10(2)8-5-3-4-6-11(8)7-9/h4,6,8H,3,5H2,1-2H3/t8-/m0/s1. The van der Waals surface area contributed by atoms with E-state index in [0.29, 0.717) is 0 Å². The zero-order valence-corrected chi connectivity index (χ0v) is 6.99. The van der Waals surface area contributed by atoms with Crippen molar-refractivity contribution in [1.29, 1.82) is 5.26 Å². The van der Waals surface area contributed by atoms with E-state index in [0.717, 1.165) is 12.8 Å². The van der Waals surface area contributed by atoms with Crippen LogP contribution in [0.25, 0.3) is 0 Å². The van der Waals surface area contributed by atoms with Gasteiger partial charge in [-0.1, -0.05) is 6.08 Å². The zero-order valence-electron chi connectivity index (χ0n) is 6.99. The second-order valence-corrected chi connectivity index (χ2v) is 2.91. The van der Waals surface area contributed by atoms with Crippen LogP contribution in [0.15, 0.2) is 12.3 Å². The number of nitrogens with zero attached hydrogens (tertiary/aromatic N) is 3. The maximum atomic E-state index is 8.71. The molecule has 0 bridgehead atoms. The smallest absolute Gasteiger partial charge is 0.185 e. The Balaban J connectivity index is 2.65. The molecule has 1 rings (SSSR count). The third-order valence-electron chi connectivity index (χ3n) is 1.89. The Morgan fingerprint density at radius 2 is 2.36 bits per heavy atom. The molecule has 0 unspecified atom stereocenters. The summed E-state index contributed by atoms with van der Waals surface area (Å²) in [5, 5.41) is 8.71. The molecule has 0 spiro atoms. The zero-order chi connectivity index (χ0) is 8.27. The summed E-state index contributed by atoms with van der Waals surface area (Å²) in [4.78, 5) is 3.75. The van der Waals surface area contributed by atoms with Crippen LogP contribution in [0.3, 0.4) is 0 Å². The van der Waals surface area contributed by atoms with Gasteiger partial charge in [0.2, 0.25) is 0 Å². The number of hydrogen-bond acceptors (Lipinski definition) is 3. The van der Waals surface area contributed by atoms with Gasteiger partial charge in [-0.25, -0.2) is 0 Å². The van der Waals surface area contributed by atoms with Crippen LogP contribution >= 0.6 is 0 Å². The van der Waals surface area contributed by atoms with Gasteiger partial charge in [0.05, 0.1) is 6.17 Å². The Bertz CT molecular complexity index is 190. The van der Waals surface area contributed by atoms with Crippen molar-refractivity contribution in [2.24, 2.45) is 0 Å². The molecule has 0 radical (unpaired) electrons. The van der Waals surface area contributed by atoms with E-state index in [1.807, 2.05) is 26.4 Å². The van der Waals surface area contributed by atoms with Crippen molar-refractivity contribution in [3.8, 4) is 6.19 Å². The number of hydrogen-bond donors (Lipinski definition) is 0. The fourth-order valence-electron chi connectivity index (χ4n) is 1.28. The highest BCUT2D eigenvalue weighted by atomic mass is 15.3. The summed E-state index contributed by atoms with van der Waals surface area (Å²) in [5.41, 5.74) is 0. The molecular formula is C8H13N3. The van der Waals surface area contributed by atoms with Crippen LogP contribution < -0.4 is 0 Å². The summed E-state index contributed by atoms with van der Waals surface area (Å²) < 4.78 is 0. The molecule has 0 amide bonds. The number of nitriles is 1. The molecule has 0 saturated carbocycles. The lowest BCUT2D eigenvalue weighted by atomic mass is 10.2. The van der Waals surface area contributed by atoms with Gasteiger partial charge >= 0.3 is 0 Å². The van der Waals surface area contributed by atoms with E-state index in [9.17, 15) is 0 Å². The van der Waals surface area contributed by atoms with Crippen molar-refractivity contribution < 1.29 is 0 Å². The third-order valence-corrected chi connectivity index (χ3v) is 1.89. The van der Waals surface area contributed by atoms with Gasteiger partial charge < -0.3 is 0 Å². The van der Waals surface area contributed by atoms with Crippen LogP contribution in [0.4, 0.5) is 0 Å². The van der Waals surface area contributed by atoms with Crippen LogP contribution in [-0.2, 0) is 0 Å². The normalized spacial score (nSPS) is 23.8. The largest absolute Gasteiger partial charge is 0.289 e. The van der Waals surface area contributed by atoms with E-state index in [-0.39, 0.29) is 6.17 Å². The van der Waals surface area contributed by atoms with Gasteiger partial charge in [0, 0.05) is 6.20 Å². The quantitative estimate of drug-likeness (QED) is 0.523. The van der Waals surface area contributed by atoms with Crippen LogP contribution in [-0.4, -0.2) is 30.1 Å². The first-order valence-electron chi connectivity index (χ1n) is 3.77. The first kappa shape index (κ1) is 8.09. The lowest BCUT2D eigenvalue weighted by molar-refractivity contribution is 0.154. The van der Waals surface area contributed by atoms with Crippen molar-refractivity contribution in [2.45, 2.75) is 19.0 Å². The molecule has 1 aliphatic heterocycles. The Morgan fingerprint density at radius 1 is 1.64 bits per heavy atom. The second-order valence-electron chi connectivity index (χ2n) is 2.91. The fraction of sp³-hybridized carbons (Fsp3) is 0.625. The Kier molecular flexibility index (Phi) is 2.50. The first-order valence-corrected chi connectivity index (χ1v) is 3.77. The predicted octanol–water partition coefficient (Wildman–Crippen LogP) is 0.965. The first-order chi connectivity index (χ1) is 5.25. The summed E-state index contributed by atoms with van der Waals surface area (Å²) in [6.07, 6.45) is 8.39. The molecule has 0 aromatic heterocycles. The van der Waals surface area contributed by atoms with E-state index < -0.39 is 0 Å². The highest BCUT2D eigenvalue weighted by molar-refractivity contribution is 4.98. The summed E-state index contributed by atoms with van der Waals surface area (Å²) in [7, 11) is 3.99. The molecule has 0 fully saturated rings. The molecule has 1 heterocycles. The van der Waals surface area contributed by atoms with Gasteiger partial charge in [0.25, 0.3) is 0 Å². The van der Waals surface area contributed by atoms with E-state index in [1.165, 1.54) is 0 Å². The van der Waals surface area contributed by atoms with Crippen molar-refractivity contribution in [2.75, 3.05) is 14.1 Å². The van der Waals surface area contributed by atoms with Crippen molar-refractivity contribution in [3.05, 3.63) is 12.3 Å². The van der Waals surface area contributed by atoms with Gasteiger partial charge in [0.15, 0.2) is 6.19 Å². The Hall–Kier alpha value is -1.01. The van der Waals surface area contributed by atoms with Gasteiger partial charge in [-0.15, -0.1) is 0 Å². The monoisotopic (exact) mass is 151 g/mol. The lowest BCUT2D eigenvalue weighted by Gasteiger charge is -2.31. The molecule has 60 valence electrons. The fourth-order valence-corrected chi connectivity index (χ4v) is 1.28. The Labute approximate surface area is 67.5 Å². The van der Waals surface area contributed by atoms with E-state index >= 15 is 0 Å². The third kappa shape index (κ3) is 1.72. The van der Waals surface area contributed by atoms with Gasteiger partial charge in [0.1, 0.15) is 0 Å². The van der Waals surface area contributed by atoms with E-state index in [1.54, 1.807) is 4.90 Å². The van der Waals surface area contributed by atoms with Crippen LogP contribution in [0.5, 0.6) is 0 Å². The van der Waals surface area contributed by atoms with Crippen LogP contribution in [0.1, 0.15) is 12.8 Å². The molecule has 0 saturated heterocycles. The molecule has 11 heavy (non-hydrogen) atoms. The minimum absolute atomic E-state index is 0.255. The molecular weight excluding hydrogens is 138 g/mol. The maximum absolute atomic E-state index is 8.71. The molecule has 0 aromatic carbocycles. The average Bonchev–Trinajstić information content (AvgIpc) is 2.04. The average molecular weight is 151 g/mol. The topological polar surface area (TPSA) is 30.3 Å². The minimum atomic E-state index is 0.255. The molecule has 3 heteroatoms. The van der Waals surface area contributed by atoms with Crippen molar-refractivity contribution in [1.82, 2.24) is 9.80 Å². The van der Waals surface area contributed by atoms with Crippen LogP contribution in [0, 0.1) is 11.5 Å². The maximum Gasteiger partial charge on any atom is 0.185 e. The van der Waals surface area contributed by atoms with E-state index in [4.69, 9.17) is 5.26 Å². The summed E-state index contributed by atoms with van der Waals surface area (Å²) >= 11 is 0. The van der Waals surface area contributed by atoms with Gasteiger partial charge in [-0.2, -0.15) is 5.26 Å². The summed E-state index contributed by atoms with van der Waals surface area (Å²) in [6.45, 7) is 0. The lowest BCUT2D eigenvalue weighted by Crippen LogP contribution is -2.40. The molecule has 1 atom stereocenters. The number of allylic oxidation sites excluding steroid dienone is 1. The van der Waals surface area contributed by atoms with Gasteiger partial charge in [-0.05, 0) is 26.9 Å². The number of rotatable bonds is 1. The highest BCUT2D eigenvalue weighted by Crippen LogP contribution is 2.14. The molecule has 0 N–H and O–H groups in total. The summed E-state index contributed by atoms with van der Waals surface area (Å²) in [5.74, 6) is 0. The molecule has 3 nitrogen and oxygen atoms in total. The van der Waals surface area contributed by atoms with Crippen LogP contribution in [0.2, 0.25) is 0 Å². The SMILES string of the molecule is CN(C)[C@@H]1CCC=CN1C#N. The molecule has 1 aliphatic rings. The van der Waals surface area contributed by atoms with Crippen molar-refractivity contribution in [3.63, 3.8) is 0 Å². The Morgan fingerprint density at radius 3 is 2.82 bits per heavy atom.